The summed E-state index contributed by atoms with van der Waals surface area (Å²) in [4.78, 5) is 2.85. The first-order valence-corrected chi connectivity index (χ1v) is 7.12. The van der Waals surface area contributed by atoms with Gasteiger partial charge < -0.3 is 0 Å². The third-order valence-corrected chi connectivity index (χ3v) is 4.47. The van der Waals surface area contributed by atoms with Crippen LogP contribution in [-0.2, 0) is 9.05 Å². The number of nitrogens with zero attached hydrogens (tertiary/aromatic N) is 3. The fraction of sp³-hybridized carbons (Fsp3) is 0.400. The SMILES string of the molecule is Cc1c(C)c(S(=O)(=O)Cl)c(C)c(C)c1N=[N+]=[N-]. The second-order valence-electron chi connectivity index (χ2n) is 3.81. The molecule has 0 amide bonds. The largest absolute Gasteiger partial charge is 0.261 e. The summed E-state index contributed by atoms with van der Waals surface area (Å²) in [6.45, 7) is 6.70. The van der Waals surface area contributed by atoms with Gasteiger partial charge in [-0.1, -0.05) is 5.11 Å². The maximum absolute atomic E-state index is 11.5. The molecule has 0 N–H and O–H groups in total. The van der Waals surface area contributed by atoms with Crippen LogP contribution in [0, 0.1) is 27.7 Å². The molecule has 0 aromatic heterocycles. The van der Waals surface area contributed by atoms with Crippen molar-refractivity contribution in [1.82, 2.24) is 0 Å². The van der Waals surface area contributed by atoms with Crippen LogP contribution in [0.25, 0.3) is 10.4 Å². The van der Waals surface area contributed by atoms with Crippen molar-refractivity contribution in [3.63, 3.8) is 0 Å². The lowest BCUT2D eigenvalue weighted by Gasteiger charge is -2.15. The van der Waals surface area contributed by atoms with Crippen molar-refractivity contribution in [2.75, 3.05) is 0 Å². The van der Waals surface area contributed by atoms with E-state index in [0.717, 1.165) is 0 Å². The van der Waals surface area contributed by atoms with Gasteiger partial charge in [0.05, 0.1) is 4.90 Å². The molecule has 0 radical (unpaired) electrons. The van der Waals surface area contributed by atoms with Crippen molar-refractivity contribution in [2.45, 2.75) is 32.6 Å². The third kappa shape index (κ3) is 2.39. The molecule has 0 unspecified atom stereocenters. The van der Waals surface area contributed by atoms with E-state index in [2.05, 4.69) is 10.0 Å². The van der Waals surface area contributed by atoms with Crippen molar-refractivity contribution < 1.29 is 8.42 Å². The quantitative estimate of drug-likeness (QED) is 0.355. The first kappa shape index (κ1) is 13.8. The van der Waals surface area contributed by atoms with Crippen LogP contribution in [0.2, 0.25) is 0 Å². The number of rotatable bonds is 2. The van der Waals surface area contributed by atoms with Crippen LogP contribution in [-0.4, -0.2) is 8.42 Å². The molecule has 0 aliphatic heterocycles. The highest BCUT2D eigenvalue weighted by Crippen LogP contribution is 2.36. The van der Waals surface area contributed by atoms with Crippen LogP contribution in [0.1, 0.15) is 22.3 Å². The molecule has 1 aromatic carbocycles. The van der Waals surface area contributed by atoms with Gasteiger partial charge in [-0.2, -0.15) is 0 Å². The van der Waals surface area contributed by atoms with Crippen molar-refractivity contribution in [1.29, 1.82) is 0 Å². The number of azide groups is 1. The number of hydrogen-bond acceptors (Lipinski definition) is 3. The Balaban J connectivity index is 3.90. The zero-order valence-corrected chi connectivity index (χ0v) is 11.5. The summed E-state index contributed by atoms with van der Waals surface area (Å²) in [7, 11) is 1.61. The lowest BCUT2D eigenvalue weighted by atomic mass is 9.99. The summed E-state index contributed by atoms with van der Waals surface area (Å²) < 4.78 is 23.0. The fourth-order valence-electron chi connectivity index (χ4n) is 1.82. The molecule has 92 valence electrons. The van der Waals surface area contributed by atoms with Gasteiger partial charge in [0.1, 0.15) is 0 Å². The molecule has 1 aromatic rings. The summed E-state index contributed by atoms with van der Waals surface area (Å²) in [6, 6.07) is 0. The van der Waals surface area contributed by atoms with E-state index in [1.54, 1.807) is 27.7 Å². The highest BCUT2D eigenvalue weighted by molar-refractivity contribution is 8.13. The molecule has 0 aliphatic carbocycles. The van der Waals surface area contributed by atoms with Gasteiger partial charge in [-0.05, 0) is 55.5 Å². The lowest BCUT2D eigenvalue weighted by molar-refractivity contribution is 0.608. The zero-order chi connectivity index (χ0) is 13.4. The first-order valence-electron chi connectivity index (χ1n) is 4.82. The van der Waals surface area contributed by atoms with Gasteiger partial charge in [-0.25, -0.2) is 8.42 Å². The molecule has 0 aliphatic rings. The smallest absolute Gasteiger partial charge is 0.207 e. The number of halogens is 1. The average molecular weight is 274 g/mol. The van der Waals surface area contributed by atoms with E-state index in [1.807, 2.05) is 0 Å². The summed E-state index contributed by atoms with van der Waals surface area (Å²) in [5, 5.41) is 3.59. The molecule has 0 bridgehead atoms. The van der Waals surface area contributed by atoms with Crippen LogP contribution < -0.4 is 0 Å². The summed E-state index contributed by atoms with van der Waals surface area (Å²) in [5.41, 5.74) is 11.3. The maximum Gasteiger partial charge on any atom is 0.261 e. The Bertz CT molecular complexity index is 602. The monoisotopic (exact) mass is 273 g/mol. The standard InChI is InChI=1S/C10H12ClN3O2S/c1-5-7(3)10(17(11,15)16)8(4)6(2)9(5)13-14-12/h1-4H3. The molecular weight excluding hydrogens is 262 g/mol. The van der Waals surface area contributed by atoms with E-state index in [-0.39, 0.29) is 4.90 Å². The van der Waals surface area contributed by atoms with E-state index in [4.69, 9.17) is 16.2 Å². The van der Waals surface area contributed by atoms with Gasteiger partial charge in [0.2, 0.25) is 0 Å². The van der Waals surface area contributed by atoms with E-state index in [1.165, 1.54) is 0 Å². The summed E-state index contributed by atoms with van der Waals surface area (Å²) in [6.07, 6.45) is 0. The second kappa shape index (κ2) is 4.56. The van der Waals surface area contributed by atoms with Crippen LogP contribution in [0.4, 0.5) is 5.69 Å². The molecule has 7 heteroatoms. The predicted molar refractivity (Wildman–Crippen MR) is 67.2 cm³/mol. The number of hydrogen-bond donors (Lipinski definition) is 0. The molecule has 0 atom stereocenters. The van der Waals surface area contributed by atoms with Crippen molar-refractivity contribution in [3.05, 3.63) is 32.7 Å². The van der Waals surface area contributed by atoms with E-state index >= 15 is 0 Å². The van der Waals surface area contributed by atoms with Crippen molar-refractivity contribution in [2.24, 2.45) is 5.11 Å². The minimum absolute atomic E-state index is 0.103. The average Bonchev–Trinajstić information content (AvgIpc) is 2.20. The molecular formula is C10H12ClN3O2S. The summed E-state index contributed by atoms with van der Waals surface area (Å²) in [5.74, 6) is 0. The minimum atomic E-state index is -3.80. The van der Waals surface area contributed by atoms with E-state index < -0.39 is 9.05 Å². The second-order valence-corrected chi connectivity index (χ2v) is 6.31. The zero-order valence-electron chi connectivity index (χ0n) is 9.94. The molecule has 1 rings (SSSR count). The van der Waals surface area contributed by atoms with Gasteiger partial charge in [-0.15, -0.1) is 0 Å². The lowest BCUT2D eigenvalue weighted by Crippen LogP contribution is -2.03. The molecule has 0 heterocycles. The predicted octanol–water partition coefficient (Wildman–Crippen LogP) is 3.79. The highest BCUT2D eigenvalue weighted by Gasteiger charge is 2.22. The first-order chi connectivity index (χ1) is 7.71. The van der Waals surface area contributed by atoms with Crippen LogP contribution in [0.3, 0.4) is 0 Å². The van der Waals surface area contributed by atoms with E-state index in [9.17, 15) is 8.42 Å². The number of benzene rings is 1. The third-order valence-electron chi connectivity index (χ3n) is 2.91. The van der Waals surface area contributed by atoms with Gasteiger partial charge >= 0.3 is 0 Å². The van der Waals surface area contributed by atoms with Crippen molar-refractivity contribution in [3.8, 4) is 0 Å². The Labute approximate surface area is 104 Å². The molecule has 0 saturated heterocycles. The Hall–Kier alpha value is -1.23. The Kier molecular flexibility index (Phi) is 3.71. The summed E-state index contributed by atoms with van der Waals surface area (Å²) >= 11 is 0. The van der Waals surface area contributed by atoms with Crippen LogP contribution in [0.15, 0.2) is 10.0 Å². The Morgan fingerprint density at radius 2 is 1.47 bits per heavy atom. The van der Waals surface area contributed by atoms with Gasteiger partial charge in [0.15, 0.2) is 0 Å². The molecule has 0 saturated carbocycles. The van der Waals surface area contributed by atoms with Gasteiger partial charge in [0, 0.05) is 21.3 Å². The Morgan fingerprint density at radius 1 is 1.06 bits per heavy atom. The van der Waals surface area contributed by atoms with Gasteiger partial charge in [-0.3, -0.25) is 0 Å². The molecule has 17 heavy (non-hydrogen) atoms. The minimum Gasteiger partial charge on any atom is -0.207 e. The highest BCUT2D eigenvalue weighted by atomic mass is 35.7. The fourth-order valence-corrected chi connectivity index (χ4v) is 3.55. The Morgan fingerprint density at radius 3 is 1.76 bits per heavy atom. The molecule has 0 spiro atoms. The van der Waals surface area contributed by atoms with E-state index in [0.29, 0.717) is 27.9 Å². The topological polar surface area (TPSA) is 82.9 Å². The molecule has 5 nitrogen and oxygen atoms in total. The molecule has 0 fully saturated rings. The van der Waals surface area contributed by atoms with Gasteiger partial charge in [0.25, 0.3) is 9.05 Å². The normalized spacial score (nSPS) is 11.1. The van der Waals surface area contributed by atoms with Crippen molar-refractivity contribution >= 4 is 25.4 Å². The maximum atomic E-state index is 11.5. The van der Waals surface area contributed by atoms with Crippen LogP contribution >= 0.6 is 10.7 Å². The van der Waals surface area contributed by atoms with Crippen LogP contribution in [0.5, 0.6) is 0 Å².